The number of carbonyl (C=O) groups is 3. The van der Waals surface area contributed by atoms with Gasteiger partial charge in [0, 0.05) is 86.3 Å². The van der Waals surface area contributed by atoms with Crippen molar-refractivity contribution in [3.8, 4) is 34.5 Å². The van der Waals surface area contributed by atoms with E-state index in [-0.39, 0.29) is 44.1 Å². The van der Waals surface area contributed by atoms with E-state index < -0.39 is 110 Å². The average Bonchev–Trinajstić information content (AvgIpc) is 1.24. The fourth-order valence-corrected chi connectivity index (χ4v) is 12.1. The van der Waals surface area contributed by atoms with Crippen LogP contribution in [-0.4, -0.2) is 86.9 Å². The Balaban J connectivity index is 0.000000143. The number of fused-ring (bicyclic) bond motifs is 3. The number of ether oxygens (including phenoxy) is 3. The van der Waals surface area contributed by atoms with Crippen LogP contribution in [0.4, 0.5) is 87.2 Å². The number of anilines is 6. The molecule has 0 spiro atoms. The van der Waals surface area contributed by atoms with Gasteiger partial charge in [-0.2, -0.15) is 22.0 Å². The first-order chi connectivity index (χ1) is 51.9. The number of amides is 3. The third-order valence-corrected chi connectivity index (χ3v) is 17.9. The maximum absolute atomic E-state index is 15.2. The van der Waals surface area contributed by atoms with E-state index in [0.29, 0.717) is 68.7 Å². The Morgan fingerprint density at radius 1 is 0.380 bits per heavy atom. The first-order valence-electron chi connectivity index (χ1n) is 33.1. The van der Waals surface area contributed by atoms with Gasteiger partial charge in [-0.05, 0) is 142 Å². The molecule has 18 nitrogen and oxygen atoms in total. The van der Waals surface area contributed by atoms with Crippen molar-refractivity contribution in [3.63, 3.8) is 0 Å². The molecule has 0 saturated carbocycles. The van der Waals surface area contributed by atoms with Crippen LogP contribution in [0, 0.1) is 52.4 Å². The predicted octanol–water partition coefficient (Wildman–Crippen LogP) is 19.4. The molecule has 3 fully saturated rings. The van der Waals surface area contributed by atoms with Gasteiger partial charge in [0.25, 0.3) is 17.7 Å². The van der Waals surface area contributed by atoms with E-state index in [4.69, 9.17) is 37.4 Å². The molecule has 12 aromatic rings. The molecule has 6 heterocycles. The summed E-state index contributed by atoms with van der Waals surface area (Å²) in [5, 5.41) is 6.38. The van der Waals surface area contributed by atoms with E-state index in [1.165, 1.54) is 60.7 Å². The Morgan fingerprint density at radius 2 is 0.778 bits per heavy atom. The second kappa shape index (κ2) is 32.0. The fourth-order valence-electron chi connectivity index (χ4n) is 11.7. The Hall–Kier alpha value is -12.1. The molecule has 0 aliphatic carbocycles. The number of alkyl halides is 3. The van der Waals surface area contributed by atoms with E-state index in [0.717, 1.165) is 126 Å². The number of nitrogens with zero attached hydrogens (tertiary/aromatic N) is 9. The smallest absolute Gasteiger partial charge is 0.416 e. The lowest BCUT2D eigenvalue weighted by Crippen LogP contribution is -2.19. The van der Waals surface area contributed by atoms with Gasteiger partial charge in [0.1, 0.15) is 51.4 Å². The molecule has 0 bridgehead atoms. The van der Waals surface area contributed by atoms with Crippen LogP contribution in [0.1, 0.15) is 75.2 Å². The number of carbonyl (C=O) groups excluding carboxylic acids is 3. The second-order valence-electron chi connectivity index (χ2n) is 24.6. The van der Waals surface area contributed by atoms with Gasteiger partial charge in [-0.1, -0.05) is 35.3 Å². The topological polar surface area (TPSA) is 202 Å². The molecule has 3 aliphatic rings. The SMILES string of the molecule is O=C(Nc1cc(F)c(F)c(Oc2ccc3ncc(N4CCCC4)nc3c2)c1F)c1cccc(C(F)(F)F)c1.O=C(Nc1cc(F)c(F)c(Oc2ccc3ncc(N4CCCC4)nc3c2)c1F)c1cccc(F)c1.O=C(Nc1ccc(F)c(Oc2ccc3ncc(N4CCCC4)nc3c2)c1Cl)c1ccc(Cl)c(F)c1. The largest absolute Gasteiger partial charge is 0.453 e. The minimum Gasteiger partial charge on any atom is -0.453 e. The first-order valence-corrected chi connectivity index (χ1v) is 33.9. The monoisotopic (exact) mass is 1530 g/mol. The molecule has 15 rings (SSSR count). The van der Waals surface area contributed by atoms with E-state index in [9.17, 15) is 58.3 Å². The Morgan fingerprint density at radius 3 is 1.19 bits per heavy atom. The normalized spacial score (nSPS) is 13.4. The van der Waals surface area contributed by atoms with Crippen LogP contribution in [0.2, 0.25) is 10.0 Å². The highest BCUT2D eigenvalue weighted by Gasteiger charge is 2.32. The molecular weight excluding hydrogens is 1480 g/mol. The Labute approximate surface area is 614 Å². The van der Waals surface area contributed by atoms with Crippen molar-refractivity contribution in [2.45, 2.75) is 44.7 Å². The van der Waals surface area contributed by atoms with Crippen LogP contribution >= 0.6 is 23.2 Å². The first kappa shape index (κ1) is 74.2. The summed E-state index contributed by atoms with van der Waals surface area (Å²) >= 11 is 12.0. The highest BCUT2D eigenvalue weighted by Crippen LogP contribution is 2.41. The van der Waals surface area contributed by atoms with Gasteiger partial charge in [-0.25, -0.2) is 45.7 Å². The molecule has 0 unspecified atom stereocenters. The summed E-state index contributed by atoms with van der Waals surface area (Å²) in [5.74, 6) is -14.0. The van der Waals surface area contributed by atoms with Crippen LogP contribution in [0.15, 0.2) is 164 Å². The highest BCUT2D eigenvalue weighted by atomic mass is 35.5. The summed E-state index contributed by atoms with van der Waals surface area (Å²) in [6, 6.07) is 28.6. The summed E-state index contributed by atoms with van der Waals surface area (Å²) in [6.07, 6.45) is 6.68. The van der Waals surface area contributed by atoms with Crippen LogP contribution in [0.5, 0.6) is 34.5 Å². The number of hydrogen-bond acceptors (Lipinski definition) is 15. The quantitative estimate of drug-likeness (QED) is 0.0646. The molecule has 3 aliphatic heterocycles. The molecule has 108 heavy (non-hydrogen) atoms. The third kappa shape index (κ3) is 16.9. The zero-order chi connectivity index (χ0) is 76.1. The maximum atomic E-state index is 15.2. The van der Waals surface area contributed by atoms with Crippen LogP contribution < -0.4 is 44.9 Å². The lowest BCUT2D eigenvalue weighted by Gasteiger charge is -2.16. The molecule has 3 aromatic heterocycles. The molecule has 0 radical (unpaired) electrons. The summed E-state index contributed by atoms with van der Waals surface area (Å²) in [7, 11) is 0. The van der Waals surface area contributed by atoms with Crippen LogP contribution in [-0.2, 0) is 6.18 Å². The number of halogens is 14. The molecule has 3 amide bonds. The van der Waals surface area contributed by atoms with Gasteiger partial charge >= 0.3 is 6.18 Å². The van der Waals surface area contributed by atoms with Gasteiger partial charge in [-0.3, -0.25) is 29.3 Å². The maximum Gasteiger partial charge on any atom is 0.416 e. The predicted molar refractivity (Wildman–Crippen MR) is 380 cm³/mol. The molecular formula is C76H54Cl2F12N12O6. The van der Waals surface area contributed by atoms with Crippen molar-refractivity contribution in [3.05, 3.63) is 249 Å². The van der Waals surface area contributed by atoms with E-state index in [1.807, 2.05) is 10.2 Å². The minimum atomic E-state index is -4.72. The number of aromatic nitrogens is 6. The minimum absolute atomic E-state index is 0.00354. The zero-order valence-electron chi connectivity index (χ0n) is 55.8. The number of hydrogen-bond donors (Lipinski definition) is 3. The van der Waals surface area contributed by atoms with E-state index >= 15 is 8.78 Å². The Bertz CT molecular complexity index is 5480. The standard InChI is InChI=1S/C26H18F6N4O2.C25H18Cl2F2N4O2.C25H18F4N4O2/c27-17-12-20(35-25(37)14-4-3-5-15(10-14)26(30,31)32)23(29)24(22(17)28)38-16-6-7-18-19(11-16)34-21(13-33-18)36-8-1-2-9-36;26-16-5-3-14(11-18(16)29)25(34)32-20-8-6-17(28)24(23(20)27)35-15-4-7-19-21(12-15)31-22(13-30-19)33-9-1-2-10-33;26-15-5-3-4-14(10-15)25(34)32-20-12-17(27)22(28)24(23(20)29)35-16-6-7-18-19(11-16)31-21(13-30-18)33-8-1-2-9-33/h3-7,10-13H,1-2,8-9H2,(H,35,37);3-8,11-13H,1-2,9-10H2,(H,32,34);3-7,10-13H,1-2,8-9H2,(H,32,34). The Kier molecular flexibility index (Phi) is 22.0. The van der Waals surface area contributed by atoms with Crippen molar-refractivity contribution < 1.29 is 81.3 Å². The van der Waals surface area contributed by atoms with Crippen molar-refractivity contribution in [2.24, 2.45) is 0 Å². The van der Waals surface area contributed by atoms with Gasteiger partial charge in [-0.15, -0.1) is 0 Å². The lowest BCUT2D eigenvalue weighted by molar-refractivity contribution is -0.137. The number of rotatable bonds is 15. The van der Waals surface area contributed by atoms with E-state index in [1.54, 1.807) is 42.9 Å². The molecule has 3 saturated heterocycles. The summed E-state index contributed by atoms with van der Waals surface area (Å²) in [6.45, 7) is 5.23. The number of benzene rings is 9. The lowest BCUT2D eigenvalue weighted by atomic mass is 10.1. The summed E-state index contributed by atoms with van der Waals surface area (Å²) < 4.78 is 185. The van der Waals surface area contributed by atoms with Gasteiger partial charge in [0.15, 0.2) is 34.8 Å². The fraction of sp³-hybridized carbons (Fsp3) is 0.171. The van der Waals surface area contributed by atoms with Gasteiger partial charge in [0.05, 0.1) is 79.3 Å². The van der Waals surface area contributed by atoms with Crippen LogP contribution in [0.3, 0.4) is 0 Å². The van der Waals surface area contributed by atoms with Crippen molar-refractivity contribution in [2.75, 3.05) is 69.9 Å². The van der Waals surface area contributed by atoms with Gasteiger partial charge in [0.2, 0.25) is 23.1 Å². The number of nitrogens with one attached hydrogen (secondary N) is 3. The summed E-state index contributed by atoms with van der Waals surface area (Å²) in [4.78, 5) is 70.6. The molecule has 552 valence electrons. The molecule has 9 aromatic carbocycles. The van der Waals surface area contributed by atoms with Crippen molar-refractivity contribution in [1.82, 2.24) is 29.9 Å². The summed E-state index contributed by atoms with van der Waals surface area (Å²) in [5.41, 5.74) is 0.0593. The second-order valence-corrected chi connectivity index (χ2v) is 25.4. The van der Waals surface area contributed by atoms with Crippen LogP contribution in [0.25, 0.3) is 33.1 Å². The third-order valence-electron chi connectivity index (χ3n) is 17.2. The molecule has 0 atom stereocenters. The average molecular weight is 1530 g/mol. The van der Waals surface area contributed by atoms with Gasteiger partial charge < -0.3 is 44.9 Å². The molecule has 32 heteroatoms. The molecule has 3 N–H and O–H groups in total. The highest BCUT2D eigenvalue weighted by molar-refractivity contribution is 6.35. The van der Waals surface area contributed by atoms with Crippen molar-refractivity contribution >= 4 is 109 Å². The van der Waals surface area contributed by atoms with E-state index in [2.05, 4.69) is 50.3 Å². The van der Waals surface area contributed by atoms with Crippen molar-refractivity contribution in [1.29, 1.82) is 0 Å². The zero-order valence-corrected chi connectivity index (χ0v) is 57.4.